The van der Waals surface area contributed by atoms with Crippen LogP contribution in [0.3, 0.4) is 0 Å². The van der Waals surface area contributed by atoms with Crippen molar-refractivity contribution < 1.29 is 0 Å². The number of hydrogen-bond donors (Lipinski definition) is 0. The molecule has 0 aliphatic rings. The van der Waals surface area contributed by atoms with Gasteiger partial charge in [0.1, 0.15) is 5.82 Å². The lowest BCUT2D eigenvalue weighted by Gasteiger charge is -1.87. The van der Waals surface area contributed by atoms with Crippen LogP contribution in [0.1, 0.15) is 28.6 Å². The quantitative estimate of drug-likeness (QED) is 0.589. The molecule has 0 unspecified atom stereocenters. The Morgan fingerprint density at radius 2 is 1.00 bits per heavy atom. The maximum Gasteiger partial charge on any atom is 0.147 e. The fraction of sp³-hybridized carbons (Fsp3) is 0.615. The van der Waals surface area contributed by atoms with Gasteiger partial charge in [0.15, 0.2) is 0 Å². The third-order valence-corrected chi connectivity index (χ3v) is 3.51. The fourth-order valence-electron chi connectivity index (χ4n) is 1.29. The average Bonchev–Trinajstić information content (AvgIpc) is 3.13. The van der Waals surface area contributed by atoms with Crippen molar-refractivity contribution in [1.82, 2.24) is 50.2 Å². The Balaban J connectivity index is 0.000000173. The van der Waals surface area contributed by atoms with E-state index in [0.29, 0.717) is 0 Å². The molecule has 10 heteroatoms. The molecule has 3 aromatic rings. The number of tetrazole rings is 1. The molecule has 0 spiro atoms. The number of aryl methyl sites for hydroxylation is 6. The first kappa shape index (κ1) is 18.4. The van der Waals surface area contributed by atoms with E-state index in [9.17, 15) is 0 Å². The Morgan fingerprint density at radius 3 is 1.09 bits per heavy atom. The normalized spacial score (nSPS) is 9.74. The van der Waals surface area contributed by atoms with Crippen LogP contribution in [0.2, 0.25) is 0 Å². The van der Waals surface area contributed by atoms with E-state index in [1.54, 1.807) is 21.1 Å². The van der Waals surface area contributed by atoms with Crippen LogP contribution in [-0.2, 0) is 21.1 Å². The van der Waals surface area contributed by atoms with Gasteiger partial charge in [-0.15, -0.1) is 15.3 Å². The highest BCUT2D eigenvalue weighted by atomic mass is 15.5. The van der Waals surface area contributed by atoms with Gasteiger partial charge in [-0.05, 0) is 45.0 Å². The van der Waals surface area contributed by atoms with E-state index in [-0.39, 0.29) is 0 Å². The van der Waals surface area contributed by atoms with Crippen molar-refractivity contribution in [2.45, 2.75) is 34.6 Å². The Bertz CT molecular complexity index is 636. The van der Waals surface area contributed by atoms with Crippen molar-refractivity contribution in [1.29, 1.82) is 0 Å². The highest BCUT2D eigenvalue weighted by Gasteiger charge is 1.96. The van der Waals surface area contributed by atoms with Crippen LogP contribution >= 0.6 is 0 Å². The van der Waals surface area contributed by atoms with Crippen LogP contribution < -0.4 is 0 Å². The summed E-state index contributed by atoms with van der Waals surface area (Å²) >= 11 is 0. The molecular formula is C13H24N10. The summed E-state index contributed by atoms with van der Waals surface area (Å²) in [6.45, 7) is 9.73. The number of aromatic nitrogens is 10. The topological polar surface area (TPSA) is 105 Å². The lowest BCUT2D eigenvalue weighted by atomic mass is 10.4. The van der Waals surface area contributed by atoms with Gasteiger partial charge in [0.25, 0.3) is 0 Å². The Kier molecular flexibility index (Phi) is 6.49. The summed E-state index contributed by atoms with van der Waals surface area (Å²) in [5.74, 6) is 0.833. The SMILES string of the molecule is Cc1nnn(C)c1C.Cc1nnn(C)c1C.Cc1nnnn1C. The molecule has 3 aromatic heterocycles. The van der Waals surface area contributed by atoms with E-state index in [2.05, 4.69) is 36.1 Å². The molecule has 0 saturated carbocycles. The van der Waals surface area contributed by atoms with Gasteiger partial charge in [-0.3, -0.25) is 9.36 Å². The molecule has 0 N–H and O–H groups in total. The zero-order valence-corrected chi connectivity index (χ0v) is 15.0. The fourth-order valence-corrected chi connectivity index (χ4v) is 1.29. The van der Waals surface area contributed by atoms with Gasteiger partial charge >= 0.3 is 0 Å². The molecule has 126 valence electrons. The van der Waals surface area contributed by atoms with Gasteiger partial charge in [0.2, 0.25) is 0 Å². The predicted octanol–water partition coefficient (Wildman–Crippen LogP) is 0.382. The van der Waals surface area contributed by atoms with Crippen molar-refractivity contribution in [3.05, 3.63) is 28.6 Å². The third-order valence-electron chi connectivity index (χ3n) is 3.51. The Labute approximate surface area is 135 Å². The Morgan fingerprint density at radius 1 is 0.565 bits per heavy atom. The van der Waals surface area contributed by atoms with Crippen molar-refractivity contribution in [2.24, 2.45) is 21.1 Å². The van der Waals surface area contributed by atoms with Gasteiger partial charge in [0, 0.05) is 21.1 Å². The predicted molar refractivity (Wildman–Crippen MR) is 84.5 cm³/mol. The summed E-state index contributed by atoms with van der Waals surface area (Å²) < 4.78 is 5.13. The van der Waals surface area contributed by atoms with Crippen molar-refractivity contribution in [2.75, 3.05) is 0 Å². The van der Waals surface area contributed by atoms with Gasteiger partial charge in [-0.1, -0.05) is 10.4 Å². The lowest BCUT2D eigenvalue weighted by Crippen LogP contribution is -1.92. The molecule has 0 radical (unpaired) electrons. The van der Waals surface area contributed by atoms with Gasteiger partial charge < -0.3 is 0 Å². The summed E-state index contributed by atoms with van der Waals surface area (Å²) in [5.41, 5.74) is 4.27. The van der Waals surface area contributed by atoms with E-state index in [0.717, 1.165) is 28.6 Å². The Hall–Kier alpha value is -2.65. The largest absolute Gasteiger partial charge is 0.252 e. The molecule has 3 rings (SSSR count). The molecule has 0 saturated heterocycles. The first-order chi connectivity index (χ1) is 10.7. The minimum absolute atomic E-state index is 0.833. The van der Waals surface area contributed by atoms with Gasteiger partial charge in [-0.2, -0.15) is 0 Å². The zero-order chi connectivity index (χ0) is 17.6. The monoisotopic (exact) mass is 320 g/mol. The molecule has 0 atom stereocenters. The minimum atomic E-state index is 0.833. The number of hydrogen-bond acceptors (Lipinski definition) is 7. The van der Waals surface area contributed by atoms with E-state index < -0.39 is 0 Å². The van der Waals surface area contributed by atoms with Gasteiger partial charge in [-0.25, -0.2) is 4.68 Å². The summed E-state index contributed by atoms with van der Waals surface area (Å²) in [6.07, 6.45) is 0. The summed E-state index contributed by atoms with van der Waals surface area (Å²) in [7, 11) is 5.57. The average molecular weight is 320 g/mol. The second kappa shape index (κ2) is 8.11. The molecule has 0 bridgehead atoms. The van der Waals surface area contributed by atoms with Crippen LogP contribution in [0.5, 0.6) is 0 Å². The summed E-state index contributed by atoms with van der Waals surface area (Å²) in [4.78, 5) is 0. The summed E-state index contributed by atoms with van der Waals surface area (Å²) in [6, 6.07) is 0. The molecule has 0 aromatic carbocycles. The van der Waals surface area contributed by atoms with Gasteiger partial charge in [0.05, 0.1) is 22.8 Å². The van der Waals surface area contributed by atoms with E-state index in [1.165, 1.54) is 0 Å². The standard InChI is InChI=1S/2C5H9N3.C3H6N4/c2*1-4-5(2)8(3)7-6-4;1-3-4-5-6-7(3)2/h2*1-3H3;1-2H3. The first-order valence-electron chi connectivity index (χ1n) is 7.08. The van der Waals surface area contributed by atoms with E-state index >= 15 is 0 Å². The second-order valence-corrected chi connectivity index (χ2v) is 5.12. The molecule has 0 fully saturated rings. The molecule has 3 heterocycles. The van der Waals surface area contributed by atoms with Crippen molar-refractivity contribution in [3.63, 3.8) is 0 Å². The molecule has 0 aliphatic heterocycles. The summed E-state index contributed by atoms with van der Waals surface area (Å²) in [5, 5.41) is 25.8. The highest BCUT2D eigenvalue weighted by Crippen LogP contribution is 1.97. The zero-order valence-electron chi connectivity index (χ0n) is 15.0. The molecule has 10 nitrogen and oxygen atoms in total. The number of rotatable bonds is 0. The van der Waals surface area contributed by atoms with Crippen LogP contribution in [0, 0.1) is 34.6 Å². The first-order valence-corrected chi connectivity index (χ1v) is 7.08. The maximum atomic E-state index is 3.83. The maximum absolute atomic E-state index is 3.83. The third kappa shape index (κ3) is 5.24. The number of nitrogens with zero attached hydrogens (tertiary/aromatic N) is 10. The van der Waals surface area contributed by atoms with Crippen molar-refractivity contribution in [3.8, 4) is 0 Å². The lowest BCUT2D eigenvalue weighted by molar-refractivity contribution is 0.695. The van der Waals surface area contributed by atoms with E-state index in [1.807, 2.05) is 48.7 Å². The van der Waals surface area contributed by atoms with E-state index in [4.69, 9.17) is 0 Å². The van der Waals surface area contributed by atoms with Crippen molar-refractivity contribution >= 4 is 0 Å². The van der Waals surface area contributed by atoms with Crippen LogP contribution in [0.4, 0.5) is 0 Å². The van der Waals surface area contributed by atoms with Crippen LogP contribution in [0.15, 0.2) is 0 Å². The molecule has 23 heavy (non-hydrogen) atoms. The van der Waals surface area contributed by atoms with Crippen LogP contribution in [-0.4, -0.2) is 50.2 Å². The molecule has 0 amide bonds. The minimum Gasteiger partial charge on any atom is -0.252 e. The van der Waals surface area contributed by atoms with Crippen LogP contribution in [0.25, 0.3) is 0 Å². The molecule has 0 aliphatic carbocycles. The smallest absolute Gasteiger partial charge is 0.147 e. The second-order valence-electron chi connectivity index (χ2n) is 5.12. The molecular weight excluding hydrogens is 296 g/mol. The highest BCUT2D eigenvalue weighted by molar-refractivity contribution is 5.04.